The molecule has 0 radical (unpaired) electrons. The molecule has 1 saturated heterocycles. The second-order valence-corrected chi connectivity index (χ2v) is 5.62. The molecule has 0 unspecified atom stereocenters. The number of hydrogen-bond donors (Lipinski definition) is 0. The molecule has 0 saturated carbocycles. The number of unbranched alkanes of at least 4 members (excludes halogenated alkanes) is 6. The van der Waals surface area contributed by atoms with Gasteiger partial charge in [0.2, 0.25) is 0 Å². The summed E-state index contributed by atoms with van der Waals surface area (Å²) in [5, 5.41) is 0. The lowest BCUT2D eigenvalue weighted by atomic mass is 10.1. The molecule has 0 amide bonds. The molecule has 1 aliphatic heterocycles. The second kappa shape index (κ2) is 10.8. The summed E-state index contributed by atoms with van der Waals surface area (Å²) in [7, 11) is 0. The Labute approximate surface area is 113 Å². The molecular weight excluding hydrogens is 224 g/mol. The average Bonchev–Trinajstić information content (AvgIpc) is 2.40. The zero-order chi connectivity index (χ0) is 13.1. The van der Waals surface area contributed by atoms with Crippen LogP contribution in [0.2, 0.25) is 0 Å². The van der Waals surface area contributed by atoms with Gasteiger partial charge in [0.05, 0.1) is 25.4 Å². The van der Waals surface area contributed by atoms with Crippen LogP contribution in [-0.4, -0.2) is 25.4 Å². The standard InChI is InChI=1S/C16H32O2/c1-3-5-7-9-11-15-13-17-14-16(18-15)12-10-8-6-4-2/h15-16H,3-14H2,1-2H3/t15-,16+. The fourth-order valence-corrected chi connectivity index (χ4v) is 2.58. The van der Waals surface area contributed by atoms with Gasteiger partial charge in [-0.2, -0.15) is 0 Å². The van der Waals surface area contributed by atoms with Crippen LogP contribution < -0.4 is 0 Å². The van der Waals surface area contributed by atoms with Crippen molar-refractivity contribution in [2.45, 2.75) is 90.3 Å². The fraction of sp³-hybridized carbons (Fsp3) is 1.00. The first-order chi connectivity index (χ1) is 8.86. The molecule has 0 aliphatic carbocycles. The Kier molecular flexibility index (Phi) is 9.59. The number of ether oxygens (including phenoxy) is 2. The van der Waals surface area contributed by atoms with E-state index in [0.29, 0.717) is 12.2 Å². The Morgan fingerprint density at radius 2 is 1.22 bits per heavy atom. The van der Waals surface area contributed by atoms with E-state index < -0.39 is 0 Å². The minimum absolute atomic E-state index is 0.367. The van der Waals surface area contributed by atoms with Gasteiger partial charge in [-0.3, -0.25) is 0 Å². The van der Waals surface area contributed by atoms with Crippen LogP contribution in [0.15, 0.2) is 0 Å². The predicted octanol–water partition coefficient (Wildman–Crippen LogP) is 4.71. The Hall–Kier alpha value is -0.0800. The van der Waals surface area contributed by atoms with Gasteiger partial charge in [-0.15, -0.1) is 0 Å². The fourth-order valence-electron chi connectivity index (χ4n) is 2.58. The maximum Gasteiger partial charge on any atom is 0.0813 e. The summed E-state index contributed by atoms with van der Waals surface area (Å²) in [5.41, 5.74) is 0. The molecule has 2 atom stereocenters. The zero-order valence-electron chi connectivity index (χ0n) is 12.5. The molecule has 18 heavy (non-hydrogen) atoms. The van der Waals surface area contributed by atoms with Crippen molar-refractivity contribution in [3.8, 4) is 0 Å². The monoisotopic (exact) mass is 256 g/mol. The van der Waals surface area contributed by atoms with Crippen LogP contribution in [0.1, 0.15) is 78.1 Å². The molecule has 0 aromatic heterocycles. The molecule has 1 aliphatic rings. The van der Waals surface area contributed by atoms with Crippen molar-refractivity contribution in [1.29, 1.82) is 0 Å². The van der Waals surface area contributed by atoms with Crippen molar-refractivity contribution in [2.75, 3.05) is 13.2 Å². The Bertz CT molecular complexity index is 164. The lowest BCUT2D eigenvalue weighted by molar-refractivity contribution is -0.142. The highest BCUT2D eigenvalue weighted by molar-refractivity contribution is 4.69. The van der Waals surface area contributed by atoms with Gasteiger partial charge in [0.15, 0.2) is 0 Å². The van der Waals surface area contributed by atoms with Crippen LogP contribution in [0.25, 0.3) is 0 Å². The quantitative estimate of drug-likeness (QED) is 0.527. The van der Waals surface area contributed by atoms with Gasteiger partial charge in [0.25, 0.3) is 0 Å². The van der Waals surface area contributed by atoms with Gasteiger partial charge in [-0.05, 0) is 12.8 Å². The second-order valence-electron chi connectivity index (χ2n) is 5.62. The summed E-state index contributed by atoms with van der Waals surface area (Å²) in [6.45, 7) is 6.15. The van der Waals surface area contributed by atoms with E-state index in [0.717, 1.165) is 13.2 Å². The topological polar surface area (TPSA) is 18.5 Å². The van der Waals surface area contributed by atoms with Crippen LogP contribution in [0.5, 0.6) is 0 Å². The van der Waals surface area contributed by atoms with Gasteiger partial charge < -0.3 is 9.47 Å². The van der Waals surface area contributed by atoms with E-state index in [2.05, 4.69) is 13.8 Å². The van der Waals surface area contributed by atoms with Crippen LogP contribution in [0.4, 0.5) is 0 Å². The lowest BCUT2D eigenvalue weighted by Crippen LogP contribution is -2.36. The van der Waals surface area contributed by atoms with Gasteiger partial charge in [0, 0.05) is 0 Å². The third kappa shape index (κ3) is 7.38. The molecule has 0 bridgehead atoms. The van der Waals surface area contributed by atoms with E-state index in [9.17, 15) is 0 Å². The highest BCUT2D eigenvalue weighted by Gasteiger charge is 2.22. The van der Waals surface area contributed by atoms with Crippen molar-refractivity contribution in [3.05, 3.63) is 0 Å². The normalized spacial score (nSPS) is 24.3. The number of rotatable bonds is 10. The highest BCUT2D eigenvalue weighted by Crippen LogP contribution is 2.18. The zero-order valence-corrected chi connectivity index (χ0v) is 12.5. The molecule has 0 aromatic carbocycles. The van der Waals surface area contributed by atoms with Crippen molar-refractivity contribution in [2.24, 2.45) is 0 Å². The summed E-state index contributed by atoms with van der Waals surface area (Å²) in [6.07, 6.45) is 13.7. The molecule has 1 fully saturated rings. The van der Waals surface area contributed by atoms with Crippen molar-refractivity contribution in [3.63, 3.8) is 0 Å². The first kappa shape index (κ1) is 16.0. The summed E-state index contributed by atoms with van der Waals surface area (Å²) in [5.74, 6) is 0. The average molecular weight is 256 g/mol. The summed E-state index contributed by atoms with van der Waals surface area (Å²) in [6, 6.07) is 0. The molecule has 0 spiro atoms. The lowest BCUT2D eigenvalue weighted by Gasteiger charge is -2.30. The summed E-state index contributed by atoms with van der Waals surface area (Å²) >= 11 is 0. The smallest absolute Gasteiger partial charge is 0.0813 e. The first-order valence-corrected chi connectivity index (χ1v) is 8.10. The van der Waals surface area contributed by atoms with E-state index in [4.69, 9.17) is 9.47 Å². The van der Waals surface area contributed by atoms with Crippen molar-refractivity contribution < 1.29 is 9.47 Å². The van der Waals surface area contributed by atoms with Crippen molar-refractivity contribution >= 4 is 0 Å². The molecule has 1 heterocycles. The molecule has 0 N–H and O–H groups in total. The SMILES string of the molecule is CCCCCC[C@@H]1COC[C@H](CCCCCC)O1. The third-order valence-corrected chi connectivity index (χ3v) is 3.75. The Balaban J connectivity index is 2.04. The van der Waals surface area contributed by atoms with E-state index in [-0.39, 0.29) is 0 Å². The van der Waals surface area contributed by atoms with Gasteiger partial charge in [-0.1, -0.05) is 65.2 Å². The highest BCUT2D eigenvalue weighted by atomic mass is 16.6. The van der Waals surface area contributed by atoms with Crippen LogP contribution >= 0.6 is 0 Å². The van der Waals surface area contributed by atoms with Crippen LogP contribution in [0.3, 0.4) is 0 Å². The first-order valence-electron chi connectivity index (χ1n) is 8.10. The van der Waals surface area contributed by atoms with E-state index in [1.165, 1.54) is 64.2 Å². The molecule has 108 valence electrons. The summed E-state index contributed by atoms with van der Waals surface area (Å²) < 4.78 is 11.8. The van der Waals surface area contributed by atoms with Crippen molar-refractivity contribution in [1.82, 2.24) is 0 Å². The Morgan fingerprint density at radius 1 is 0.722 bits per heavy atom. The third-order valence-electron chi connectivity index (χ3n) is 3.75. The maximum atomic E-state index is 6.12. The minimum atomic E-state index is 0.367. The van der Waals surface area contributed by atoms with E-state index in [1.807, 2.05) is 0 Å². The number of hydrogen-bond acceptors (Lipinski definition) is 2. The van der Waals surface area contributed by atoms with E-state index in [1.54, 1.807) is 0 Å². The molecular formula is C16H32O2. The summed E-state index contributed by atoms with van der Waals surface area (Å²) in [4.78, 5) is 0. The molecule has 1 rings (SSSR count). The minimum Gasteiger partial charge on any atom is -0.376 e. The molecule has 2 heteroatoms. The maximum absolute atomic E-state index is 6.12. The van der Waals surface area contributed by atoms with Gasteiger partial charge in [0.1, 0.15) is 0 Å². The largest absolute Gasteiger partial charge is 0.376 e. The van der Waals surface area contributed by atoms with Gasteiger partial charge in [-0.25, -0.2) is 0 Å². The van der Waals surface area contributed by atoms with Crippen LogP contribution in [0, 0.1) is 0 Å². The molecule has 0 aromatic rings. The Morgan fingerprint density at radius 3 is 1.67 bits per heavy atom. The predicted molar refractivity (Wildman–Crippen MR) is 77.0 cm³/mol. The molecule has 2 nitrogen and oxygen atoms in total. The van der Waals surface area contributed by atoms with Gasteiger partial charge >= 0.3 is 0 Å². The van der Waals surface area contributed by atoms with Crippen LogP contribution in [-0.2, 0) is 9.47 Å². The van der Waals surface area contributed by atoms with E-state index >= 15 is 0 Å².